The number of carbonyl (C=O) groups excluding carboxylic acids is 4. The maximum atomic E-state index is 14.3. The van der Waals surface area contributed by atoms with Gasteiger partial charge in [-0.15, -0.1) is 0 Å². The molecule has 4 heterocycles. The third kappa shape index (κ3) is 10.9. The van der Waals surface area contributed by atoms with E-state index in [2.05, 4.69) is 55.2 Å². The number of hydrogen-bond acceptors (Lipinski definition) is 9. The summed E-state index contributed by atoms with van der Waals surface area (Å²) in [5, 5.41) is 16.5. The van der Waals surface area contributed by atoms with Gasteiger partial charge in [0, 0.05) is 19.0 Å². The molecule has 0 aliphatic carbocycles. The molecule has 0 radical (unpaired) electrons. The van der Waals surface area contributed by atoms with Crippen molar-refractivity contribution < 1.29 is 23.9 Å². The summed E-state index contributed by atoms with van der Waals surface area (Å²) < 4.78 is 7.64. The molecule has 6 rings (SSSR count). The zero-order chi connectivity index (χ0) is 38.1. The van der Waals surface area contributed by atoms with Crippen LogP contribution in [0.5, 0.6) is 5.75 Å². The number of nitrogens with one attached hydrogen (secondary N) is 4. The van der Waals surface area contributed by atoms with Crippen LogP contribution in [-0.4, -0.2) is 73.1 Å². The molecule has 4 atom stereocenters. The average Bonchev–Trinajstić information content (AvgIpc) is 3.47. The number of ether oxygens (including phenoxy) is 1. The van der Waals surface area contributed by atoms with E-state index in [-0.39, 0.29) is 55.5 Å². The maximum Gasteiger partial charge on any atom is 0.272 e. The number of amides is 4. The van der Waals surface area contributed by atoms with E-state index in [9.17, 15) is 19.2 Å². The number of hydrogen-bond donors (Lipinski definition) is 4. The number of rotatable bonds is 7. The number of nitrogens with zero attached hydrogens (tertiary/aromatic N) is 5. The standard InChI is InChI=1S/C39H49N9O5/c1-23(2)16-29-22-53-30-14-12-28(13-15-30)18-31(45-39(52)33-20-40-25(5)19-41-33)37(50)44-32(17-27-10-8-7-9-11-27)38(51)46-35(24(3)4)36-42-26(6)47-48(36)21-34(49)43-29/h7-15,19-20,23-24,29,31-32,35H,16-18,21-22H2,1-6H3,(H,43,49)(H,44,50)(H,45,52)(H,46,51)/t29-,31-,32-,35-/m0/s1. The smallest absolute Gasteiger partial charge is 0.272 e. The number of aryl methyl sites for hydroxylation is 2. The summed E-state index contributed by atoms with van der Waals surface area (Å²) in [4.78, 5) is 68.3. The first kappa shape index (κ1) is 38.6. The minimum atomic E-state index is -1.08. The van der Waals surface area contributed by atoms with Crippen LogP contribution >= 0.6 is 0 Å². The minimum absolute atomic E-state index is 0.0550. The first-order valence-electron chi connectivity index (χ1n) is 18.0. The Morgan fingerprint density at radius 2 is 1.66 bits per heavy atom. The van der Waals surface area contributed by atoms with Crippen LogP contribution in [0.2, 0.25) is 0 Å². The van der Waals surface area contributed by atoms with Crippen LogP contribution in [0.1, 0.15) is 79.1 Å². The van der Waals surface area contributed by atoms with Crippen molar-refractivity contribution in [3.8, 4) is 5.75 Å². The molecule has 280 valence electrons. The minimum Gasteiger partial charge on any atom is -0.491 e. The van der Waals surface area contributed by atoms with Crippen molar-refractivity contribution in [3.63, 3.8) is 0 Å². The van der Waals surface area contributed by atoms with Crippen molar-refractivity contribution in [1.29, 1.82) is 0 Å². The molecule has 4 amide bonds. The summed E-state index contributed by atoms with van der Waals surface area (Å²) in [6.45, 7) is 11.6. The van der Waals surface area contributed by atoms with Gasteiger partial charge in [-0.25, -0.2) is 14.6 Å². The van der Waals surface area contributed by atoms with E-state index in [1.165, 1.54) is 17.1 Å². The first-order chi connectivity index (χ1) is 25.3. The van der Waals surface area contributed by atoms with Crippen molar-refractivity contribution in [2.45, 2.75) is 91.5 Å². The normalized spacial score (nSPS) is 20.2. The molecule has 4 aromatic rings. The topological polar surface area (TPSA) is 182 Å². The van der Waals surface area contributed by atoms with Gasteiger partial charge in [0.05, 0.1) is 24.0 Å². The van der Waals surface area contributed by atoms with E-state index in [1.54, 1.807) is 26.0 Å². The third-order valence-electron chi connectivity index (χ3n) is 8.83. The molecular formula is C39H49N9O5. The summed E-state index contributed by atoms with van der Waals surface area (Å²) in [5.41, 5.74) is 2.26. The molecule has 0 unspecified atom stereocenters. The zero-order valence-electron chi connectivity index (χ0n) is 31.1. The SMILES string of the molecule is Cc1cnc(C(=O)N[C@H]2Cc3ccc(cc3)OC[C@H](CC(C)C)NC(=O)Cn3nc(C)nc3[C@H](C(C)C)NC(=O)[C@H](Cc3ccccc3)NC2=O)cn1. The highest BCUT2D eigenvalue weighted by atomic mass is 16.5. The fourth-order valence-electron chi connectivity index (χ4n) is 6.19. The third-order valence-corrected chi connectivity index (χ3v) is 8.83. The molecule has 0 spiro atoms. The van der Waals surface area contributed by atoms with Gasteiger partial charge in [0.2, 0.25) is 17.7 Å². The second kappa shape index (κ2) is 17.7. The van der Waals surface area contributed by atoms with Crippen LogP contribution < -0.4 is 26.0 Å². The molecule has 2 aliphatic heterocycles. The predicted octanol–water partition coefficient (Wildman–Crippen LogP) is 3.19. The van der Waals surface area contributed by atoms with Gasteiger partial charge in [-0.3, -0.25) is 24.2 Å². The van der Waals surface area contributed by atoms with Crippen molar-refractivity contribution in [3.05, 3.63) is 101 Å². The van der Waals surface area contributed by atoms with Crippen LogP contribution in [0.4, 0.5) is 0 Å². The van der Waals surface area contributed by atoms with Gasteiger partial charge in [-0.05, 0) is 55.4 Å². The van der Waals surface area contributed by atoms with Crippen molar-refractivity contribution in [2.24, 2.45) is 11.8 Å². The Morgan fingerprint density at radius 1 is 0.925 bits per heavy atom. The van der Waals surface area contributed by atoms with Gasteiger partial charge < -0.3 is 26.0 Å². The van der Waals surface area contributed by atoms with E-state index in [0.717, 1.165) is 11.1 Å². The summed E-state index contributed by atoms with van der Waals surface area (Å²) >= 11 is 0. The molecule has 2 aromatic carbocycles. The molecular weight excluding hydrogens is 674 g/mol. The van der Waals surface area contributed by atoms with E-state index < -0.39 is 35.8 Å². The Labute approximate surface area is 309 Å². The van der Waals surface area contributed by atoms with Crippen LogP contribution in [0.25, 0.3) is 0 Å². The molecule has 14 heteroatoms. The zero-order valence-corrected chi connectivity index (χ0v) is 31.1. The first-order valence-corrected chi connectivity index (χ1v) is 18.0. The Balaban J connectivity index is 1.53. The number of benzene rings is 2. The van der Waals surface area contributed by atoms with Gasteiger partial charge in [0.15, 0.2) is 5.82 Å². The molecule has 2 aliphatic rings. The van der Waals surface area contributed by atoms with Gasteiger partial charge in [-0.1, -0.05) is 70.2 Å². The number of carbonyl (C=O) groups is 4. The Hall–Kier alpha value is -5.66. The molecule has 0 fully saturated rings. The molecule has 53 heavy (non-hydrogen) atoms. The number of aromatic nitrogens is 5. The van der Waals surface area contributed by atoms with Gasteiger partial charge >= 0.3 is 0 Å². The Bertz CT molecular complexity index is 1860. The van der Waals surface area contributed by atoms with Crippen molar-refractivity contribution >= 4 is 23.6 Å². The van der Waals surface area contributed by atoms with Crippen LogP contribution in [0.3, 0.4) is 0 Å². The predicted molar refractivity (Wildman–Crippen MR) is 198 cm³/mol. The summed E-state index contributed by atoms with van der Waals surface area (Å²) in [7, 11) is 0. The van der Waals surface area contributed by atoms with E-state index in [4.69, 9.17) is 4.74 Å². The fraction of sp³-hybridized carbons (Fsp3) is 0.436. The lowest BCUT2D eigenvalue weighted by Crippen LogP contribution is -2.55. The lowest BCUT2D eigenvalue weighted by atomic mass is 10.00. The molecule has 4 N–H and O–H groups in total. The highest BCUT2D eigenvalue weighted by Crippen LogP contribution is 2.22. The van der Waals surface area contributed by atoms with E-state index in [1.807, 2.05) is 56.3 Å². The van der Waals surface area contributed by atoms with E-state index >= 15 is 0 Å². The lowest BCUT2D eigenvalue weighted by Gasteiger charge is -2.27. The Morgan fingerprint density at radius 3 is 2.32 bits per heavy atom. The van der Waals surface area contributed by atoms with Gasteiger partial charge in [0.25, 0.3) is 5.91 Å². The van der Waals surface area contributed by atoms with Crippen LogP contribution in [0.15, 0.2) is 67.0 Å². The summed E-state index contributed by atoms with van der Waals surface area (Å²) in [5.74, 6) is -0.288. The van der Waals surface area contributed by atoms with Crippen molar-refractivity contribution in [2.75, 3.05) is 6.61 Å². The number of fused-ring (bicyclic) bond motifs is 14. The molecule has 14 nitrogen and oxygen atoms in total. The summed E-state index contributed by atoms with van der Waals surface area (Å²) in [6.07, 6.45) is 3.80. The monoisotopic (exact) mass is 723 g/mol. The summed E-state index contributed by atoms with van der Waals surface area (Å²) in [6, 6.07) is 13.5. The second-order valence-electron chi connectivity index (χ2n) is 14.3. The van der Waals surface area contributed by atoms with Crippen LogP contribution in [-0.2, 0) is 33.8 Å². The van der Waals surface area contributed by atoms with Gasteiger partial charge in [-0.2, -0.15) is 5.10 Å². The van der Waals surface area contributed by atoms with E-state index in [0.29, 0.717) is 29.5 Å². The average molecular weight is 724 g/mol. The van der Waals surface area contributed by atoms with Crippen LogP contribution in [0, 0.1) is 25.7 Å². The largest absolute Gasteiger partial charge is 0.491 e. The lowest BCUT2D eigenvalue weighted by molar-refractivity contribution is -0.130. The second-order valence-corrected chi connectivity index (χ2v) is 14.3. The van der Waals surface area contributed by atoms with Crippen molar-refractivity contribution in [1.82, 2.24) is 46.0 Å². The maximum absolute atomic E-state index is 14.3. The highest BCUT2D eigenvalue weighted by Gasteiger charge is 2.32. The quantitative estimate of drug-likeness (QED) is 0.223. The molecule has 0 saturated heterocycles. The fourth-order valence-corrected chi connectivity index (χ4v) is 6.19. The molecule has 2 bridgehead atoms. The molecule has 2 aromatic heterocycles. The highest BCUT2D eigenvalue weighted by molar-refractivity contribution is 5.97. The van der Waals surface area contributed by atoms with Gasteiger partial charge in [0.1, 0.15) is 42.5 Å². The Kier molecular flexibility index (Phi) is 12.9. The molecule has 0 saturated carbocycles.